The molecule has 0 atom stereocenters. The van der Waals surface area contributed by atoms with Crippen LogP contribution in [0.2, 0.25) is 0 Å². The van der Waals surface area contributed by atoms with Gasteiger partial charge >= 0.3 is 0 Å². The summed E-state index contributed by atoms with van der Waals surface area (Å²) >= 11 is 0. The summed E-state index contributed by atoms with van der Waals surface area (Å²) in [4.78, 5) is 0. The van der Waals surface area contributed by atoms with Gasteiger partial charge in [-0.1, -0.05) is 74.6 Å². The molecule has 0 nitrogen and oxygen atoms in total. The molecule has 0 bridgehead atoms. The minimum Gasteiger partial charge on any atom is -0.164 e. The van der Waals surface area contributed by atoms with Gasteiger partial charge in [-0.2, -0.15) is 6.07 Å². The number of rotatable bonds is 6. The van der Waals surface area contributed by atoms with Crippen molar-refractivity contribution in [3.05, 3.63) is 66.2 Å². The maximum atomic E-state index is 2.39. The van der Waals surface area contributed by atoms with E-state index in [1.807, 2.05) is 0 Å². The summed E-state index contributed by atoms with van der Waals surface area (Å²) in [5, 5.41) is 2.77. The summed E-state index contributed by atoms with van der Waals surface area (Å²) in [5.74, 6) is 0. The predicted octanol–water partition coefficient (Wildman–Crippen LogP) is 6.35. The summed E-state index contributed by atoms with van der Waals surface area (Å²) in [6.45, 7) is 2.27. The van der Waals surface area contributed by atoms with Gasteiger partial charge in [0.2, 0.25) is 0 Å². The van der Waals surface area contributed by atoms with E-state index in [9.17, 15) is 0 Å². The van der Waals surface area contributed by atoms with Gasteiger partial charge in [0.15, 0.2) is 0 Å². The molecule has 3 rings (SSSR count). The number of fused-ring (bicyclic) bond motifs is 1. The van der Waals surface area contributed by atoms with E-state index < -0.39 is 0 Å². The largest absolute Gasteiger partial charge is 0.164 e. The van der Waals surface area contributed by atoms with Crippen molar-refractivity contribution in [2.24, 2.45) is 0 Å². The summed E-state index contributed by atoms with van der Waals surface area (Å²) in [6.07, 6.45) is 6.54. The normalized spacial score (nSPS) is 10.6. The summed E-state index contributed by atoms with van der Waals surface area (Å²) in [5.41, 5.74) is 4.16. The zero-order valence-electron chi connectivity index (χ0n) is 13.3. The van der Waals surface area contributed by atoms with Gasteiger partial charge < -0.3 is 0 Å². The van der Waals surface area contributed by atoms with E-state index >= 15 is 0 Å². The van der Waals surface area contributed by atoms with Gasteiger partial charge in [0.1, 0.15) is 0 Å². The van der Waals surface area contributed by atoms with Gasteiger partial charge in [0.05, 0.1) is 0 Å². The fourth-order valence-electron chi connectivity index (χ4n) is 3.07. The first-order chi connectivity index (χ1) is 10.4. The van der Waals surface area contributed by atoms with E-state index in [1.54, 1.807) is 0 Å². The third-order valence-electron chi connectivity index (χ3n) is 4.21. The zero-order valence-corrected chi connectivity index (χ0v) is 15.8. The van der Waals surface area contributed by atoms with E-state index in [0.717, 1.165) is 0 Å². The quantitative estimate of drug-likeness (QED) is 0.352. The second kappa shape index (κ2) is 8.54. The van der Waals surface area contributed by atoms with Gasteiger partial charge in [0.25, 0.3) is 0 Å². The molecule has 1 heteroatoms. The molecule has 0 unspecified atom stereocenters. The molecule has 0 saturated heterocycles. The van der Waals surface area contributed by atoms with Crippen molar-refractivity contribution in [1.82, 2.24) is 0 Å². The van der Waals surface area contributed by atoms with Crippen molar-refractivity contribution in [2.45, 2.75) is 39.0 Å². The van der Waals surface area contributed by atoms with E-state index in [-0.39, 0.29) is 26.2 Å². The van der Waals surface area contributed by atoms with Gasteiger partial charge in [0, 0.05) is 26.2 Å². The number of benzene rings is 2. The van der Waals surface area contributed by atoms with Crippen LogP contribution < -0.4 is 0 Å². The molecule has 3 aromatic rings. The Hall–Kier alpha value is -1.07. The van der Waals surface area contributed by atoms with Gasteiger partial charge in [-0.25, -0.2) is 0 Å². The first-order valence-electron chi connectivity index (χ1n) is 8.12. The maximum Gasteiger partial charge on any atom is 0 e. The second-order valence-corrected chi connectivity index (χ2v) is 5.85. The van der Waals surface area contributed by atoms with Crippen molar-refractivity contribution in [3.8, 4) is 11.1 Å². The summed E-state index contributed by atoms with van der Waals surface area (Å²) < 4.78 is 0. The minimum absolute atomic E-state index is 0. The van der Waals surface area contributed by atoms with Crippen molar-refractivity contribution >= 4 is 10.8 Å². The van der Waals surface area contributed by atoms with Crippen LogP contribution in [0.25, 0.3) is 21.9 Å². The van der Waals surface area contributed by atoms with Gasteiger partial charge in [-0.15, -0.1) is 34.5 Å². The van der Waals surface area contributed by atoms with Crippen LogP contribution in [-0.2, 0) is 32.6 Å². The minimum atomic E-state index is 0. The Morgan fingerprint density at radius 1 is 0.864 bits per heavy atom. The number of hydrogen-bond donors (Lipinski definition) is 0. The molecule has 0 aliphatic carbocycles. The molecule has 112 valence electrons. The van der Waals surface area contributed by atoms with Crippen LogP contribution >= 0.6 is 0 Å². The molecule has 0 spiro atoms. The average molecular weight is 367 g/mol. The first-order valence-corrected chi connectivity index (χ1v) is 8.12. The average Bonchev–Trinajstić information content (AvgIpc) is 2.95. The van der Waals surface area contributed by atoms with E-state index in [4.69, 9.17) is 0 Å². The molecule has 0 N–H and O–H groups in total. The fraction of sp³-hybridized carbons (Fsp3) is 0.286. The van der Waals surface area contributed by atoms with Gasteiger partial charge in [-0.05, 0) is 12.0 Å². The molecule has 0 amide bonds. The van der Waals surface area contributed by atoms with Crippen LogP contribution in [0.1, 0.15) is 38.2 Å². The molecule has 0 aliphatic rings. The second-order valence-electron chi connectivity index (χ2n) is 5.85. The van der Waals surface area contributed by atoms with E-state index in [0.29, 0.717) is 0 Å². The van der Waals surface area contributed by atoms with E-state index in [1.165, 1.54) is 59.6 Å². The molecule has 3 aromatic carbocycles. The van der Waals surface area contributed by atoms with Crippen LogP contribution in [0.5, 0.6) is 0 Å². The van der Waals surface area contributed by atoms with Crippen molar-refractivity contribution in [2.75, 3.05) is 0 Å². The van der Waals surface area contributed by atoms with Crippen LogP contribution in [0.15, 0.2) is 60.7 Å². The Morgan fingerprint density at radius 3 is 2.45 bits per heavy atom. The topological polar surface area (TPSA) is 0 Å². The molecular weight excluding hydrogens is 343 g/mol. The van der Waals surface area contributed by atoms with Crippen molar-refractivity contribution in [1.29, 1.82) is 0 Å². The van der Waals surface area contributed by atoms with Gasteiger partial charge in [-0.3, -0.25) is 0 Å². The van der Waals surface area contributed by atoms with Crippen molar-refractivity contribution < 1.29 is 26.2 Å². The third kappa shape index (κ3) is 4.02. The molecule has 0 aromatic heterocycles. The van der Waals surface area contributed by atoms with Crippen LogP contribution in [0.4, 0.5) is 0 Å². The van der Waals surface area contributed by atoms with Crippen LogP contribution in [-0.4, -0.2) is 0 Å². The molecule has 22 heavy (non-hydrogen) atoms. The summed E-state index contributed by atoms with van der Waals surface area (Å²) in [6, 6.07) is 22.1. The summed E-state index contributed by atoms with van der Waals surface area (Å²) in [7, 11) is 0. The van der Waals surface area contributed by atoms with Crippen molar-refractivity contribution in [3.63, 3.8) is 0 Å². The zero-order chi connectivity index (χ0) is 14.5. The van der Waals surface area contributed by atoms with Crippen LogP contribution in [0, 0.1) is 0 Å². The number of aryl methyl sites for hydroxylation is 1. The predicted molar refractivity (Wildman–Crippen MR) is 92.8 cm³/mol. The molecule has 0 saturated carbocycles. The Labute approximate surface area is 153 Å². The molecular formula is C21H23Zr-. The molecule has 0 fully saturated rings. The number of unbranched alkanes of at least 4 members (excludes halogenated alkanes) is 3. The molecule has 0 radical (unpaired) electrons. The maximum absolute atomic E-state index is 2.39. The standard InChI is InChI=1S/C21H23.Zr/c1-2-3-4-6-10-17-15-19-13-9-14-20(21(19)16-17)18-11-7-5-8-12-18;/h5,7-9,11-16H,2-4,6,10H2,1H3;/q-1;. The molecule has 0 heterocycles. The SMILES string of the molecule is CCCCCCc1cc2c(-c3ccccc3)cccc2[cH-]1.[Zr]. The molecule has 0 aliphatic heterocycles. The monoisotopic (exact) mass is 365 g/mol. The fourth-order valence-corrected chi connectivity index (χ4v) is 3.07. The Bertz CT molecular complexity index is 694. The third-order valence-corrected chi connectivity index (χ3v) is 4.21. The Morgan fingerprint density at radius 2 is 1.68 bits per heavy atom. The first kappa shape index (κ1) is 17.3. The Balaban J connectivity index is 0.00000176. The Kier molecular flexibility index (Phi) is 6.71. The van der Waals surface area contributed by atoms with Crippen LogP contribution in [0.3, 0.4) is 0 Å². The smallest absolute Gasteiger partial charge is 0 e. The number of hydrogen-bond acceptors (Lipinski definition) is 0. The van der Waals surface area contributed by atoms with E-state index in [2.05, 4.69) is 67.6 Å².